The maximum Gasteiger partial charge on any atom is 0.416 e. The minimum Gasteiger partial charge on any atom is -0.497 e. The van der Waals surface area contributed by atoms with Crippen molar-refractivity contribution in [1.29, 1.82) is 0 Å². The van der Waals surface area contributed by atoms with Crippen LogP contribution in [0.4, 0.5) is 18.9 Å². The van der Waals surface area contributed by atoms with E-state index in [1.54, 1.807) is 18.2 Å². The molecule has 200 valence electrons. The number of anilines is 1. The van der Waals surface area contributed by atoms with Gasteiger partial charge in [0, 0.05) is 22.9 Å². The molecule has 3 aromatic carbocycles. The average Bonchev–Trinajstić information content (AvgIpc) is 3.03. The monoisotopic (exact) mass is 568 g/mol. The number of alkyl halides is 3. The van der Waals surface area contributed by atoms with Gasteiger partial charge in [0.2, 0.25) is 0 Å². The molecule has 1 aliphatic rings. The molecule has 38 heavy (non-hydrogen) atoms. The van der Waals surface area contributed by atoms with Gasteiger partial charge in [-0.25, -0.2) is 0 Å². The summed E-state index contributed by atoms with van der Waals surface area (Å²) in [6.07, 6.45) is -4.54. The van der Waals surface area contributed by atoms with E-state index in [4.69, 9.17) is 37.4 Å². The number of carbonyl (C=O) groups excluding carboxylic acids is 2. The average molecular weight is 569 g/mol. The van der Waals surface area contributed by atoms with E-state index in [9.17, 15) is 22.8 Å². The summed E-state index contributed by atoms with van der Waals surface area (Å²) in [5.74, 6) is -0.306. The predicted molar refractivity (Wildman–Crippen MR) is 135 cm³/mol. The fourth-order valence-electron chi connectivity index (χ4n) is 4.04. The molecule has 0 bridgehead atoms. The van der Waals surface area contributed by atoms with Crippen LogP contribution in [0.1, 0.15) is 22.7 Å². The Morgan fingerprint density at radius 1 is 1.05 bits per heavy atom. The van der Waals surface area contributed by atoms with E-state index in [1.807, 2.05) is 0 Å². The third kappa shape index (κ3) is 5.61. The second-order valence-electron chi connectivity index (χ2n) is 8.23. The van der Waals surface area contributed by atoms with Crippen LogP contribution in [-0.2, 0) is 22.3 Å². The Hall–Kier alpha value is -3.63. The quantitative estimate of drug-likeness (QED) is 0.387. The van der Waals surface area contributed by atoms with Crippen LogP contribution in [-0.4, -0.2) is 37.5 Å². The lowest BCUT2D eigenvalue weighted by Crippen LogP contribution is -2.41. The Morgan fingerprint density at radius 3 is 2.37 bits per heavy atom. The van der Waals surface area contributed by atoms with Crippen molar-refractivity contribution in [2.45, 2.75) is 18.8 Å². The van der Waals surface area contributed by atoms with Crippen molar-refractivity contribution >= 4 is 40.7 Å². The van der Waals surface area contributed by atoms with Gasteiger partial charge in [-0.05, 0) is 48.5 Å². The number of rotatable bonds is 6. The number of nitrogens with zero attached hydrogens (tertiary/aromatic N) is 1. The van der Waals surface area contributed by atoms with Gasteiger partial charge in [-0.1, -0.05) is 23.2 Å². The Bertz CT molecular complexity index is 1370. The normalized spacial score (nSPS) is 15.3. The van der Waals surface area contributed by atoms with Crippen molar-refractivity contribution in [3.8, 4) is 17.2 Å². The molecule has 0 fully saturated rings. The van der Waals surface area contributed by atoms with Crippen molar-refractivity contribution in [2.75, 3.05) is 26.1 Å². The Morgan fingerprint density at radius 2 is 1.74 bits per heavy atom. The molecule has 3 aromatic rings. The van der Waals surface area contributed by atoms with Gasteiger partial charge in [-0.2, -0.15) is 13.2 Å². The fourth-order valence-corrected chi connectivity index (χ4v) is 4.51. The summed E-state index contributed by atoms with van der Waals surface area (Å²) < 4.78 is 55.3. The highest BCUT2D eigenvalue weighted by Gasteiger charge is 2.39. The summed E-state index contributed by atoms with van der Waals surface area (Å²) >= 11 is 12.8. The first-order valence-corrected chi connectivity index (χ1v) is 11.9. The first kappa shape index (κ1) is 27.4. The molecule has 4 rings (SSSR count). The maximum atomic E-state index is 13.7. The van der Waals surface area contributed by atoms with E-state index < -0.39 is 36.2 Å². The van der Waals surface area contributed by atoms with Gasteiger partial charge >= 0.3 is 6.18 Å². The number of nitrogens with one attached hydrogen (secondary N) is 1. The van der Waals surface area contributed by atoms with Gasteiger partial charge in [-0.15, -0.1) is 0 Å². The van der Waals surface area contributed by atoms with Gasteiger partial charge in [0.15, 0.2) is 6.61 Å². The Labute approximate surface area is 226 Å². The number of ether oxygens (including phenoxy) is 3. The number of hydrogen-bond donors (Lipinski definition) is 1. The summed E-state index contributed by atoms with van der Waals surface area (Å²) in [4.78, 5) is 28.2. The van der Waals surface area contributed by atoms with Crippen LogP contribution in [0.5, 0.6) is 17.2 Å². The Balaban J connectivity index is 1.77. The van der Waals surface area contributed by atoms with E-state index >= 15 is 0 Å². The lowest BCUT2D eigenvalue weighted by Gasteiger charge is -2.30. The molecule has 0 saturated heterocycles. The highest BCUT2D eigenvalue weighted by atomic mass is 35.5. The number of hydrogen-bond acceptors (Lipinski definition) is 5. The number of halogens is 5. The third-order valence-corrected chi connectivity index (χ3v) is 6.53. The van der Waals surface area contributed by atoms with Gasteiger partial charge < -0.3 is 24.4 Å². The predicted octanol–water partition coefficient (Wildman–Crippen LogP) is 6.13. The number of amides is 2. The SMILES string of the molecule is COc1ccc(CN2C(=O)COc3c(Cl)ccc(Cl)c3C2C(=O)Nc2ccc(C(F)(F)F)cc2)c(OC)c1. The molecule has 7 nitrogen and oxygen atoms in total. The lowest BCUT2D eigenvalue weighted by molar-refractivity contribution is -0.140. The first-order valence-electron chi connectivity index (χ1n) is 11.1. The summed E-state index contributed by atoms with van der Waals surface area (Å²) in [6, 6.07) is 10.5. The van der Waals surface area contributed by atoms with Crippen LogP contribution in [0.25, 0.3) is 0 Å². The van der Waals surface area contributed by atoms with Crippen LogP contribution in [0.3, 0.4) is 0 Å². The molecule has 0 aliphatic carbocycles. The molecule has 1 aliphatic heterocycles. The van der Waals surface area contributed by atoms with Gasteiger partial charge in [0.25, 0.3) is 11.8 Å². The van der Waals surface area contributed by atoms with Crippen molar-refractivity contribution < 1.29 is 37.0 Å². The van der Waals surface area contributed by atoms with E-state index in [2.05, 4.69) is 5.32 Å². The van der Waals surface area contributed by atoms with Gasteiger partial charge in [0.05, 0.1) is 36.4 Å². The second kappa shape index (κ2) is 11.0. The first-order chi connectivity index (χ1) is 18.0. The highest BCUT2D eigenvalue weighted by Crippen LogP contribution is 2.43. The standard InChI is InChI=1S/C26H21Cl2F3N2O5/c1-36-17-8-3-14(20(11-17)37-2)12-33-21(34)13-38-24-19(28)10-9-18(27)22(24)23(33)25(35)32-16-6-4-15(5-7-16)26(29,30)31/h3-11,23H,12-13H2,1-2H3,(H,32,35). The van der Waals surface area contributed by atoms with Crippen molar-refractivity contribution in [2.24, 2.45) is 0 Å². The molecule has 0 saturated carbocycles. The minimum absolute atomic E-state index is 0.0595. The van der Waals surface area contributed by atoms with Crippen molar-refractivity contribution in [3.05, 3.63) is 81.3 Å². The zero-order valence-electron chi connectivity index (χ0n) is 20.1. The van der Waals surface area contributed by atoms with Crippen molar-refractivity contribution in [1.82, 2.24) is 4.90 Å². The zero-order valence-corrected chi connectivity index (χ0v) is 21.6. The van der Waals surface area contributed by atoms with Crippen LogP contribution in [0.15, 0.2) is 54.6 Å². The minimum atomic E-state index is -4.54. The molecular weight excluding hydrogens is 548 g/mol. The van der Waals surface area contributed by atoms with E-state index in [-0.39, 0.29) is 33.6 Å². The van der Waals surface area contributed by atoms with E-state index in [0.717, 1.165) is 24.3 Å². The number of benzene rings is 3. The summed E-state index contributed by atoms with van der Waals surface area (Å²) in [7, 11) is 2.95. The van der Waals surface area contributed by atoms with Gasteiger partial charge in [0.1, 0.15) is 23.3 Å². The van der Waals surface area contributed by atoms with E-state index in [1.165, 1.54) is 31.3 Å². The second-order valence-corrected chi connectivity index (χ2v) is 9.04. The summed E-state index contributed by atoms with van der Waals surface area (Å²) in [5.41, 5.74) is -0.0956. The van der Waals surface area contributed by atoms with Gasteiger partial charge in [-0.3, -0.25) is 9.59 Å². The lowest BCUT2D eigenvalue weighted by atomic mass is 10.0. The summed E-state index contributed by atoms with van der Waals surface area (Å²) in [6.45, 7) is -0.529. The molecule has 1 atom stereocenters. The zero-order chi connectivity index (χ0) is 27.6. The number of carbonyl (C=O) groups is 2. The van der Waals surface area contributed by atoms with Crippen LogP contribution < -0.4 is 19.5 Å². The molecule has 0 spiro atoms. The molecular formula is C26H21Cl2F3N2O5. The topological polar surface area (TPSA) is 77.1 Å². The Kier molecular flexibility index (Phi) is 7.94. The molecule has 1 N–H and O–H groups in total. The van der Waals surface area contributed by atoms with Crippen LogP contribution in [0.2, 0.25) is 10.0 Å². The fraction of sp³-hybridized carbons (Fsp3) is 0.231. The van der Waals surface area contributed by atoms with Crippen LogP contribution >= 0.6 is 23.2 Å². The molecule has 0 radical (unpaired) electrons. The highest BCUT2D eigenvalue weighted by molar-refractivity contribution is 6.35. The summed E-state index contributed by atoms with van der Waals surface area (Å²) in [5, 5.41) is 2.82. The smallest absolute Gasteiger partial charge is 0.416 e. The molecule has 1 unspecified atom stereocenters. The maximum absolute atomic E-state index is 13.7. The number of methoxy groups -OCH3 is 2. The molecule has 2 amide bonds. The molecule has 1 heterocycles. The van der Waals surface area contributed by atoms with Crippen LogP contribution in [0, 0.1) is 0 Å². The molecule has 0 aromatic heterocycles. The third-order valence-electron chi connectivity index (χ3n) is 5.90. The molecule has 12 heteroatoms. The number of fused-ring (bicyclic) bond motifs is 1. The van der Waals surface area contributed by atoms with Crippen molar-refractivity contribution in [3.63, 3.8) is 0 Å². The van der Waals surface area contributed by atoms with E-state index in [0.29, 0.717) is 17.1 Å². The largest absolute Gasteiger partial charge is 0.497 e.